The fourth-order valence-electron chi connectivity index (χ4n) is 4.80. The summed E-state index contributed by atoms with van der Waals surface area (Å²) in [5, 5.41) is 4.97. The molecule has 0 atom stereocenters. The summed E-state index contributed by atoms with van der Waals surface area (Å²) < 4.78 is 1.14. The molecule has 6 aromatic rings. The van der Waals surface area contributed by atoms with E-state index in [9.17, 15) is 0 Å². The topological polar surface area (TPSA) is 0 Å². The monoisotopic (exact) mass is 484 g/mol. The summed E-state index contributed by atoms with van der Waals surface area (Å²) in [4.78, 5) is 0. The Morgan fingerprint density at radius 1 is 0.364 bits per heavy atom. The van der Waals surface area contributed by atoms with Gasteiger partial charge in [0.25, 0.3) is 0 Å². The van der Waals surface area contributed by atoms with E-state index in [0.29, 0.717) is 0 Å². The second-order valence-corrected chi connectivity index (χ2v) is 9.07. The molecule has 0 unspecified atom stereocenters. The maximum Gasteiger partial charge on any atom is 0.0332 e. The van der Waals surface area contributed by atoms with Crippen molar-refractivity contribution in [2.24, 2.45) is 0 Å². The van der Waals surface area contributed by atoms with Gasteiger partial charge in [0.2, 0.25) is 0 Å². The molecule has 0 amide bonds. The summed E-state index contributed by atoms with van der Waals surface area (Å²) in [5.41, 5.74) is 7.44. The maximum atomic E-state index is 3.98. The summed E-state index contributed by atoms with van der Waals surface area (Å²) in [6, 6.07) is 45.5. The number of halogens is 1. The predicted octanol–water partition coefficient (Wildman–Crippen LogP) is 9.76. The Kier molecular flexibility index (Phi) is 5.05. The van der Waals surface area contributed by atoms with Crippen LogP contribution < -0.4 is 0 Å². The van der Waals surface area contributed by atoms with Crippen LogP contribution in [0, 0.1) is 0 Å². The molecule has 0 aromatic heterocycles. The third kappa shape index (κ3) is 3.46. The molecule has 33 heavy (non-hydrogen) atoms. The van der Waals surface area contributed by atoms with Crippen molar-refractivity contribution >= 4 is 37.5 Å². The van der Waals surface area contributed by atoms with Crippen LogP contribution in [0.1, 0.15) is 0 Å². The van der Waals surface area contributed by atoms with E-state index in [2.05, 4.69) is 143 Å². The Morgan fingerprint density at radius 3 is 1.33 bits per heavy atom. The lowest BCUT2D eigenvalue weighted by Gasteiger charge is -2.18. The highest BCUT2D eigenvalue weighted by Crippen LogP contribution is 2.45. The van der Waals surface area contributed by atoms with Crippen molar-refractivity contribution in [2.75, 3.05) is 0 Å². The van der Waals surface area contributed by atoms with E-state index in [1.165, 1.54) is 54.9 Å². The molecule has 0 bridgehead atoms. The molecular weight excluding hydrogens is 464 g/mol. The number of benzene rings is 6. The lowest BCUT2D eigenvalue weighted by molar-refractivity contribution is 1.60. The zero-order valence-corrected chi connectivity index (χ0v) is 19.6. The van der Waals surface area contributed by atoms with E-state index in [4.69, 9.17) is 0 Å². The molecule has 0 saturated heterocycles. The summed E-state index contributed by atoms with van der Waals surface area (Å²) >= 11 is 3.98. The van der Waals surface area contributed by atoms with Crippen LogP contribution >= 0.6 is 15.9 Å². The van der Waals surface area contributed by atoms with Crippen LogP contribution in [0.25, 0.3) is 54.9 Å². The summed E-state index contributed by atoms with van der Waals surface area (Å²) in [5.74, 6) is 0. The largest absolute Gasteiger partial charge is 0.0622 e. The number of hydrogen-bond donors (Lipinski definition) is 0. The standard InChI is InChI=1S/C32H21Br/c33-32-26-19-11-10-18-25(26)31(24-16-8-3-9-17-24)29-20-27(22-12-4-1-5-13-22)28(21-30(29)32)23-14-6-2-7-15-23/h1-21H. The van der Waals surface area contributed by atoms with Gasteiger partial charge in [-0.1, -0.05) is 115 Å². The predicted molar refractivity (Wildman–Crippen MR) is 145 cm³/mol. The number of fused-ring (bicyclic) bond motifs is 2. The zero-order valence-electron chi connectivity index (χ0n) is 18.0. The average molecular weight is 485 g/mol. The molecule has 6 rings (SSSR count). The van der Waals surface area contributed by atoms with E-state index in [-0.39, 0.29) is 0 Å². The first-order valence-corrected chi connectivity index (χ1v) is 11.9. The Hall–Kier alpha value is -3.68. The van der Waals surface area contributed by atoms with Crippen LogP contribution in [0.3, 0.4) is 0 Å². The average Bonchev–Trinajstić information content (AvgIpc) is 2.90. The summed E-state index contributed by atoms with van der Waals surface area (Å²) in [6.07, 6.45) is 0. The lowest BCUT2D eigenvalue weighted by atomic mass is 9.86. The van der Waals surface area contributed by atoms with Gasteiger partial charge in [-0.3, -0.25) is 0 Å². The third-order valence-electron chi connectivity index (χ3n) is 6.33. The SMILES string of the molecule is Brc1c2ccccc2c(-c2ccccc2)c2cc(-c3ccccc3)c(-c3ccccc3)cc12. The molecule has 6 aromatic carbocycles. The van der Waals surface area contributed by atoms with E-state index >= 15 is 0 Å². The fourth-order valence-corrected chi connectivity index (χ4v) is 5.47. The first-order valence-electron chi connectivity index (χ1n) is 11.2. The summed E-state index contributed by atoms with van der Waals surface area (Å²) in [7, 11) is 0. The van der Waals surface area contributed by atoms with Gasteiger partial charge >= 0.3 is 0 Å². The van der Waals surface area contributed by atoms with Crippen molar-refractivity contribution in [3.63, 3.8) is 0 Å². The van der Waals surface area contributed by atoms with Gasteiger partial charge in [0.1, 0.15) is 0 Å². The van der Waals surface area contributed by atoms with Gasteiger partial charge in [-0.15, -0.1) is 0 Å². The highest BCUT2D eigenvalue weighted by molar-refractivity contribution is 9.10. The molecule has 0 radical (unpaired) electrons. The molecular formula is C32H21Br. The normalized spacial score (nSPS) is 11.2. The summed E-state index contributed by atoms with van der Waals surface area (Å²) in [6.45, 7) is 0. The molecule has 156 valence electrons. The van der Waals surface area contributed by atoms with Crippen molar-refractivity contribution in [1.82, 2.24) is 0 Å². The Balaban J connectivity index is 1.81. The first-order chi connectivity index (χ1) is 16.3. The molecule has 0 N–H and O–H groups in total. The number of hydrogen-bond acceptors (Lipinski definition) is 0. The van der Waals surface area contributed by atoms with Gasteiger partial charge < -0.3 is 0 Å². The van der Waals surface area contributed by atoms with Crippen LogP contribution in [0.2, 0.25) is 0 Å². The van der Waals surface area contributed by atoms with Gasteiger partial charge in [-0.25, -0.2) is 0 Å². The lowest BCUT2D eigenvalue weighted by Crippen LogP contribution is -1.92. The maximum absolute atomic E-state index is 3.98. The van der Waals surface area contributed by atoms with E-state index in [1.54, 1.807) is 0 Å². The van der Waals surface area contributed by atoms with E-state index in [0.717, 1.165) is 4.47 Å². The first kappa shape index (κ1) is 20.0. The smallest absolute Gasteiger partial charge is 0.0332 e. The molecule has 0 heterocycles. The minimum atomic E-state index is 1.14. The van der Waals surface area contributed by atoms with Crippen molar-refractivity contribution < 1.29 is 0 Å². The molecule has 0 spiro atoms. The van der Waals surface area contributed by atoms with E-state index in [1.807, 2.05) is 0 Å². The van der Waals surface area contributed by atoms with Crippen molar-refractivity contribution in [3.05, 3.63) is 132 Å². The fraction of sp³-hybridized carbons (Fsp3) is 0. The van der Waals surface area contributed by atoms with Crippen LogP contribution in [0.4, 0.5) is 0 Å². The highest BCUT2D eigenvalue weighted by Gasteiger charge is 2.17. The van der Waals surface area contributed by atoms with Gasteiger partial charge in [0, 0.05) is 4.47 Å². The Labute approximate surface area is 202 Å². The Bertz CT molecular complexity index is 1580. The van der Waals surface area contributed by atoms with Crippen LogP contribution in [0.15, 0.2) is 132 Å². The quantitative estimate of drug-likeness (QED) is 0.219. The van der Waals surface area contributed by atoms with Gasteiger partial charge in [-0.2, -0.15) is 0 Å². The molecule has 0 aliphatic carbocycles. The molecule has 0 aliphatic rings. The molecule has 1 heteroatoms. The second-order valence-electron chi connectivity index (χ2n) is 8.28. The van der Waals surface area contributed by atoms with Crippen molar-refractivity contribution in [2.45, 2.75) is 0 Å². The second kappa shape index (κ2) is 8.35. The number of rotatable bonds is 3. The van der Waals surface area contributed by atoms with Gasteiger partial charge in [0.05, 0.1) is 0 Å². The molecule has 0 nitrogen and oxygen atoms in total. The Morgan fingerprint density at radius 2 is 0.788 bits per heavy atom. The van der Waals surface area contributed by atoms with Crippen molar-refractivity contribution in [1.29, 1.82) is 0 Å². The van der Waals surface area contributed by atoms with Crippen LogP contribution in [-0.2, 0) is 0 Å². The van der Waals surface area contributed by atoms with E-state index < -0.39 is 0 Å². The third-order valence-corrected chi connectivity index (χ3v) is 7.18. The zero-order chi connectivity index (χ0) is 22.2. The molecule has 0 saturated carbocycles. The highest BCUT2D eigenvalue weighted by atomic mass is 79.9. The minimum absolute atomic E-state index is 1.14. The van der Waals surface area contributed by atoms with Crippen molar-refractivity contribution in [3.8, 4) is 33.4 Å². The molecule has 0 aliphatic heterocycles. The molecule has 0 fully saturated rings. The van der Waals surface area contributed by atoms with Gasteiger partial charge in [0.15, 0.2) is 0 Å². The minimum Gasteiger partial charge on any atom is -0.0622 e. The van der Waals surface area contributed by atoms with Crippen LogP contribution in [0.5, 0.6) is 0 Å². The van der Waals surface area contributed by atoms with Crippen LogP contribution in [-0.4, -0.2) is 0 Å². The van der Waals surface area contributed by atoms with Gasteiger partial charge in [-0.05, 0) is 83.0 Å².